The second-order valence-corrected chi connectivity index (χ2v) is 0.923. The summed E-state index contributed by atoms with van der Waals surface area (Å²) in [6.07, 6.45) is 0. The predicted molar refractivity (Wildman–Crippen MR) is 13.0 cm³/mol. The van der Waals surface area contributed by atoms with Crippen LogP contribution in [0.15, 0.2) is 0 Å². The van der Waals surface area contributed by atoms with Gasteiger partial charge in [0.1, 0.15) is 0 Å². The standard InChI is InChI=1S/CHClF2O/c2-1(3,4)5/h5H. The van der Waals surface area contributed by atoms with Crippen molar-refractivity contribution < 1.29 is 13.9 Å². The molecule has 0 radical (unpaired) electrons. The third kappa shape index (κ3) is 1510. The van der Waals surface area contributed by atoms with E-state index in [2.05, 4.69) is 11.6 Å². The summed E-state index contributed by atoms with van der Waals surface area (Å²) >= 11 is 3.75. The quantitative estimate of drug-likeness (QED) is 0.448. The maximum atomic E-state index is 10.3. The van der Waals surface area contributed by atoms with Crippen LogP contribution in [0, 0.1) is 0 Å². The molecule has 0 amide bonds. The monoisotopic (exact) mass is 102 g/mol. The van der Waals surface area contributed by atoms with Crippen LogP contribution in [0.3, 0.4) is 0 Å². The van der Waals surface area contributed by atoms with Crippen molar-refractivity contribution in [2.75, 3.05) is 0 Å². The molecular weight excluding hydrogens is 101 g/mol. The number of aliphatic hydroxyl groups is 1. The number of alkyl halides is 3. The highest BCUT2D eigenvalue weighted by atomic mass is 35.5. The van der Waals surface area contributed by atoms with E-state index >= 15 is 0 Å². The van der Waals surface area contributed by atoms with Crippen molar-refractivity contribution in [3.8, 4) is 0 Å². The number of halogens is 3. The van der Waals surface area contributed by atoms with Gasteiger partial charge in [-0.25, -0.2) is 0 Å². The molecule has 1 N–H and O–H groups in total. The highest BCUT2D eigenvalue weighted by Crippen LogP contribution is 2.11. The first kappa shape index (κ1) is 5.11. The largest absolute Gasteiger partial charge is 0.437 e. The first-order valence-electron chi connectivity index (χ1n) is 0.791. The third-order valence-corrected chi connectivity index (χ3v) is 0. The molecule has 1 nitrogen and oxygen atoms in total. The van der Waals surface area contributed by atoms with Gasteiger partial charge in [0, 0.05) is 0 Å². The maximum absolute atomic E-state index is 10.3. The molecule has 0 rings (SSSR count). The van der Waals surface area contributed by atoms with Crippen LogP contribution in [-0.4, -0.2) is 10.7 Å². The molecule has 0 heterocycles. The van der Waals surface area contributed by atoms with Crippen molar-refractivity contribution in [1.29, 1.82) is 0 Å². The molecule has 0 aliphatic rings. The third-order valence-electron chi connectivity index (χ3n) is 0. The topological polar surface area (TPSA) is 20.2 Å². The summed E-state index contributed by atoms with van der Waals surface area (Å²) < 4.78 is 20.7. The van der Waals surface area contributed by atoms with Crippen LogP contribution in [0.25, 0.3) is 0 Å². The first-order valence-corrected chi connectivity index (χ1v) is 1.17. The minimum Gasteiger partial charge on any atom is -0.323 e. The van der Waals surface area contributed by atoms with Gasteiger partial charge in [-0.1, -0.05) is 0 Å². The molecule has 0 atom stereocenters. The van der Waals surface area contributed by atoms with Crippen LogP contribution in [0.2, 0.25) is 0 Å². The summed E-state index contributed by atoms with van der Waals surface area (Å²) in [5.74, 6) is 0. The highest BCUT2D eigenvalue weighted by Gasteiger charge is 2.16. The highest BCUT2D eigenvalue weighted by molar-refractivity contribution is 6.20. The summed E-state index contributed by atoms with van der Waals surface area (Å²) in [5.41, 5.74) is -4.03. The molecule has 0 aliphatic carbocycles. The summed E-state index contributed by atoms with van der Waals surface area (Å²) in [6.45, 7) is 0. The molecule has 0 aromatic carbocycles. The summed E-state index contributed by atoms with van der Waals surface area (Å²) in [4.78, 5) is 0. The lowest BCUT2D eigenvalue weighted by Gasteiger charge is -1.89. The van der Waals surface area contributed by atoms with Crippen LogP contribution in [0.5, 0.6) is 0 Å². The van der Waals surface area contributed by atoms with Gasteiger partial charge in [0.25, 0.3) is 0 Å². The number of hydrogen-bond donors (Lipinski definition) is 1. The molecule has 0 aromatic heterocycles. The Morgan fingerprint density at radius 1 is 1.60 bits per heavy atom. The van der Waals surface area contributed by atoms with Gasteiger partial charge in [-0.05, 0) is 11.6 Å². The van der Waals surface area contributed by atoms with Crippen molar-refractivity contribution in [3.63, 3.8) is 0 Å². The zero-order chi connectivity index (χ0) is 4.50. The fourth-order valence-electron chi connectivity index (χ4n) is 0. The molecule has 0 aromatic rings. The van der Waals surface area contributed by atoms with E-state index in [0.29, 0.717) is 0 Å². The Kier molecular flexibility index (Phi) is 1.09. The average molecular weight is 102 g/mol. The fourth-order valence-corrected chi connectivity index (χ4v) is 0. The van der Waals surface area contributed by atoms with Gasteiger partial charge in [-0.2, -0.15) is 8.78 Å². The maximum Gasteiger partial charge on any atom is 0.437 e. The molecule has 0 aliphatic heterocycles. The van der Waals surface area contributed by atoms with Gasteiger partial charge < -0.3 is 5.11 Å². The lowest BCUT2D eigenvalue weighted by Crippen LogP contribution is -1.99. The molecule has 0 bridgehead atoms. The molecule has 0 spiro atoms. The second kappa shape index (κ2) is 1.06. The molecule has 0 fully saturated rings. The van der Waals surface area contributed by atoms with Crippen LogP contribution in [0.1, 0.15) is 0 Å². The molecule has 0 unspecified atom stereocenters. The van der Waals surface area contributed by atoms with Gasteiger partial charge in [0.2, 0.25) is 0 Å². The van der Waals surface area contributed by atoms with Crippen molar-refractivity contribution in [1.82, 2.24) is 0 Å². The Balaban J connectivity index is 3.02. The summed E-state index contributed by atoms with van der Waals surface area (Å²) in [5, 5.41) is 6.95. The zero-order valence-electron chi connectivity index (χ0n) is 2.08. The van der Waals surface area contributed by atoms with Gasteiger partial charge in [-0.3, -0.25) is 0 Å². The van der Waals surface area contributed by atoms with Crippen LogP contribution < -0.4 is 0 Å². The smallest absolute Gasteiger partial charge is 0.323 e. The Morgan fingerprint density at radius 2 is 1.60 bits per heavy atom. The molecule has 0 saturated heterocycles. The van der Waals surface area contributed by atoms with Crippen molar-refractivity contribution in [2.24, 2.45) is 0 Å². The molecule has 0 saturated carbocycles. The van der Waals surface area contributed by atoms with Gasteiger partial charge in [0.15, 0.2) is 0 Å². The summed E-state index contributed by atoms with van der Waals surface area (Å²) in [6, 6.07) is 0. The lowest BCUT2D eigenvalue weighted by molar-refractivity contribution is -0.120. The second-order valence-electron chi connectivity index (χ2n) is 0.468. The van der Waals surface area contributed by atoms with Crippen LogP contribution in [0.4, 0.5) is 8.78 Å². The van der Waals surface area contributed by atoms with E-state index in [1.54, 1.807) is 0 Å². The molecule has 32 valence electrons. The normalized spacial score (nSPS) is 12.0. The van der Waals surface area contributed by atoms with Gasteiger partial charge in [0.05, 0.1) is 0 Å². The minimum absolute atomic E-state index is 3.75. The SMILES string of the molecule is OC(F)(F)Cl. The van der Waals surface area contributed by atoms with E-state index in [9.17, 15) is 8.78 Å². The average Bonchev–Trinajstić information content (AvgIpc) is 0.722. The van der Waals surface area contributed by atoms with Crippen molar-refractivity contribution >= 4 is 11.6 Å². The molecule has 5 heavy (non-hydrogen) atoms. The van der Waals surface area contributed by atoms with E-state index in [4.69, 9.17) is 5.11 Å². The Morgan fingerprint density at radius 3 is 1.60 bits per heavy atom. The molecular formula is CHClF2O. The Labute approximate surface area is 32.2 Å². The van der Waals surface area contributed by atoms with E-state index < -0.39 is 5.57 Å². The number of rotatable bonds is 0. The van der Waals surface area contributed by atoms with E-state index in [0.717, 1.165) is 0 Å². The summed E-state index contributed by atoms with van der Waals surface area (Å²) in [7, 11) is 0. The molecule has 4 heteroatoms. The minimum atomic E-state index is -4.03. The lowest BCUT2D eigenvalue weighted by atomic mass is 11.5. The van der Waals surface area contributed by atoms with Gasteiger partial charge in [-0.15, -0.1) is 0 Å². The van der Waals surface area contributed by atoms with E-state index in [-0.39, 0.29) is 0 Å². The zero-order valence-corrected chi connectivity index (χ0v) is 2.84. The van der Waals surface area contributed by atoms with Crippen molar-refractivity contribution in [2.45, 2.75) is 5.57 Å². The fraction of sp³-hybridized carbons (Fsp3) is 1.00. The van der Waals surface area contributed by atoms with Crippen LogP contribution in [-0.2, 0) is 0 Å². The van der Waals surface area contributed by atoms with Crippen molar-refractivity contribution in [3.05, 3.63) is 0 Å². The van der Waals surface area contributed by atoms with E-state index in [1.165, 1.54) is 0 Å². The number of hydrogen-bond acceptors (Lipinski definition) is 1. The Hall–Kier alpha value is 0.110. The van der Waals surface area contributed by atoms with E-state index in [1.807, 2.05) is 0 Å². The van der Waals surface area contributed by atoms with Gasteiger partial charge >= 0.3 is 5.57 Å². The predicted octanol–water partition coefficient (Wildman–Crippen LogP) is 0.768. The Bertz CT molecular complexity index is 25.1. The van der Waals surface area contributed by atoms with Crippen LogP contribution >= 0.6 is 11.6 Å². The first-order chi connectivity index (χ1) is 2.00.